The van der Waals surface area contributed by atoms with Crippen molar-refractivity contribution >= 4 is 27.8 Å². The molecule has 0 atom stereocenters. The molecule has 4 aromatic rings. The molecule has 0 spiro atoms. The van der Waals surface area contributed by atoms with Gasteiger partial charge in [0.2, 0.25) is 0 Å². The molecule has 0 aliphatic heterocycles. The van der Waals surface area contributed by atoms with Crippen LogP contribution in [0.4, 0.5) is 0 Å². The predicted octanol–water partition coefficient (Wildman–Crippen LogP) is 2.30. The van der Waals surface area contributed by atoms with Gasteiger partial charge in [0.05, 0.1) is 5.52 Å². The summed E-state index contributed by atoms with van der Waals surface area (Å²) in [6.07, 6.45) is 0. The third-order valence-electron chi connectivity index (χ3n) is 4.83. The number of fused-ring (bicyclic) bond motifs is 3. The summed E-state index contributed by atoms with van der Waals surface area (Å²) in [5.41, 5.74) is 5.80. The monoisotopic (exact) mass is 346 g/mol. The highest BCUT2D eigenvalue weighted by atomic mass is 16.2. The lowest BCUT2D eigenvalue weighted by atomic mass is 10.0. The molecule has 0 saturated heterocycles. The van der Waals surface area contributed by atoms with Crippen molar-refractivity contribution < 1.29 is 4.79 Å². The lowest BCUT2D eigenvalue weighted by molar-refractivity contribution is 0.0954. The Morgan fingerprint density at radius 1 is 0.962 bits per heavy atom. The van der Waals surface area contributed by atoms with Crippen LogP contribution >= 0.6 is 0 Å². The Labute approximate surface area is 149 Å². The quantitative estimate of drug-likeness (QED) is 0.332. The summed E-state index contributed by atoms with van der Waals surface area (Å²) in [5.74, 6) is 4.91. The summed E-state index contributed by atoms with van der Waals surface area (Å²) in [7, 11) is 3.68. The Kier molecular flexibility index (Phi) is 3.63. The van der Waals surface area contributed by atoms with Gasteiger partial charge in [-0.05, 0) is 29.8 Å². The third-order valence-corrected chi connectivity index (χ3v) is 4.83. The van der Waals surface area contributed by atoms with Crippen molar-refractivity contribution in [1.29, 1.82) is 0 Å². The van der Waals surface area contributed by atoms with Crippen molar-refractivity contribution in [2.45, 2.75) is 0 Å². The topological polar surface area (TPSA) is 82.1 Å². The van der Waals surface area contributed by atoms with E-state index in [-0.39, 0.29) is 11.5 Å². The maximum atomic E-state index is 12.9. The molecule has 6 nitrogen and oxygen atoms in total. The molecule has 1 amide bonds. The molecule has 0 aliphatic rings. The third kappa shape index (κ3) is 2.23. The van der Waals surface area contributed by atoms with Crippen LogP contribution in [0.5, 0.6) is 0 Å². The van der Waals surface area contributed by atoms with Crippen LogP contribution in [0.25, 0.3) is 33.1 Å². The van der Waals surface area contributed by atoms with Gasteiger partial charge in [-0.15, -0.1) is 0 Å². The van der Waals surface area contributed by atoms with Gasteiger partial charge < -0.3 is 4.57 Å². The fourth-order valence-electron chi connectivity index (χ4n) is 3.54. The molecule has 6 heteroatoms. The Morgan fingerprint density at radius 2 is 1.69 bits per heavy atom. The zero-order valence-corrected chi connectivity index (χ0v) is 14.5. The largest absolute Gasteiger partial charge is 0.330 e. The van der Waals surface area contributed by atoms with Crippen LogP contribution in [0.3, 0.4) is 0 Å². The first kappa shape index (κ1) is 16.1. The Bertz CT molecular complexity index is 1220. The number of nitrogen functional groups attached to an aromatic ring is 1. The molecule has 0 bridgehead atoms. The minimum absolute atomic E-state index is 0.0606. The molecular formula is C20H18N4O2. The minimum atomic E-state index is -0.350. The van der Waals surface area contributed by atoms with Gasteiger partial charge in [-0.1, -0.05) is 30.3 Å². The highest BCUT2D eigenvalue weighted by Gasteiger charge is 2.17. The van der Waals surface area contributed by atoms with Gasteiger partial charge >= 0.3 is 0 Å². The first-order valence-electron chi connectivity index (χ1n) is 8.21. The van der Waals surface area contributed by atoms with Crippen LogP contribution in [-0.2, 0) is 14.1 Å². The Hall–Kier alpha value is -3.38. The zero-order chi connectivity index (χ0) is 18.4. The number of nitrogens with two attached hydrogens (primary N) is 1. The van der Waals surface area contributed by atoms with E-state index >= 15 is 0 Å². The van der Waals surface area contributed by atoms with Crippen LogP contribution < -0.4 is 16.8 Å². The average Bonchev–Trinajstić information content (AvgIpc) is 2.96. The highest BCUT2D eigenvalue weighted by molar-refractivity contribution is 6.10. The molecule has 2 heterocycles. The van der Waals surface area contributed by atoms with Crippen LogP contribution in [0.2, 0.25) is 0 Å². The van der Waals surface area contributed by atoms with E-state index in [9.17, 15) is 9.59 Å². The summed E-state index contributed by atoms with van der Waals surface area (Å²) in [6.45, 7) is 0. The summed E-state index contributed by atoms with van der Waals surface area (Å²) in [4.78, 5) is 24.8. The number of carbonyl (C=O) groups is 1. The first-order valence-corrected chi connectivity index (χ1v) is 8.21. The SMILES string of the molecule is Cn1c(=O)c(-c2ccccc2)cc2c3cc(C(=O)NN)ccc3n(C)c21. The van der Waals surface area contributed by atoms with Gasteiger partial charge in [0.25, 0.3) is 11.5 Å². The number of nitrogens with zero attached hydrogens (tertiary/aromatic N) is 2. The maximum absolute atomic E-state index is 12.9. The molecule has 2 aromatic carbocycles. The number of hydrogen-bond donors (Lipinski definition) is 2. The van der Waals surface area contributed by atoms with E-state index in [0.29, 0.717) is 11.1 Å². The standard InChI is InChI=1S/C20H18N4O2/c1-23-17-9-8-13(18(25)22-21)10-15(17)16-11-14(12-6-4-3-5-7-12)20(26)24(2)19(16)23/h3-11H,21H2,1-2H3,(H,22,25). The number of nitrogens with one attached hydrogen (secondary N) is 1. The van der Waals surface area contributed by atoms with Crippen molar-refractivity contribution in [1.82, 2.24) is 14.6 Å². The number of pyridine rings is 1. The van der Waals surface area contributed by atoms with E-state index in [1.54, 1.807) is 23.7 Å². The molecule has 0 aliphatic carbocycles. The van der Waals surface area contributed by atoms with Crippen LogP contribution in [0.1, 0.15) is 10.4 Å². The second-order valence-corrected chi connectivity index (χ2v) is 6.29. The second-order valence-electron chi connectivity index (χ2n) is 6.29. The van der Waals surface area contributed by atoms with Gasteiger partial charge in [-0.25, -0.2) is 5.84 Å². The molecule has 4 rings (SSSR count). The van der Waals surface area contributed by atoms with Crippen LogP contribution in [-0.4, -0.2) is 15.0 Å². The molecule has 0 fully saturated rings. The van der Waals surface area contributed by atoms with Crippen molar-refractivity contribution in [2.24, 2.45) is 19.9 Å². The van der Waals surface area contributed by atoms with Gasteiger partial charge in [0.1, 0.15) is 5.65 Å². The maximum Gasteiger partial charge on any atom is 0.265 e. The molecule has 2 aromatic heterocycles. The smallest absolute Gasteiger partial charge is 0.265 e. The molecule has 3 N–H and O–H groups in total. The number of aromatic nitrogens is 2. The van der Waals surface area contributed by atoms with Gasteiger partial charge in [-0.3, -0.25) is 19.6 Å². The lowest BCUT2D eigenvalue weighted by Gasteiger charge is -2.08. The van der Waals surface area contributed by atoms with E-state index in [2.05, 4.69) is 5.43 Å². The van der Waals surface area contributed by atoms with Gasteiger partial charge in [0, 0.05) is 36.0 Å². The van der Waals surface area contributed by atoms with Crippen molar-refractivity contribution in [3.8, 4) is 11.1 Å². The lowest BCUT2D eigenvalue weighted by Crippen LogP contribution is -2.29. The fourth-order valence-corrected chi connectivity index (χ4v) is 3.54. The number of aryl methyl sites for hydroxylation is 2. The molecule has 0 unspecified atom stereocenters. The van der Waals surface area contributed by atoms with Crippen molar-refractivity contribution in [2.75, 3.05) is 0 Å². The van der Waals surface area contributed by atoms with Gasteiger partial charge in [0.15, 0.2) is 0 Å². The fraction of sp³-hybridized carbons (Fsp3) is 0.100. The molecule has 130 valence electrons. The Balaban J connectivity index is 2.13. The summed E-state index contributed by atoms with van der Waals surface area (Å²) >= 11 is 0. The van der Waals surface area contributed by atoms with Crippen molar-refractivity contribution in [3.05, 3.63) is 70.5 Å². The molecule has 0 saturated carbocycles. The number of amides is 1. The average molecular weight is 346 g/mol. The molecular weight excluding hydrogens is 328 g/mol. The minimum Gasteiger partial charge on any atom is -0.330 e. The number of hydrogen-bond acceptors (Lipinski definition) is 3. The number of benzene rings is 2. The Morgan fingerprint density at radius 3 is 2.38 bits per heavy atom. The van der Waals surface area contributed by atoms with Crippen molar-refractivity contribution in [3.63, 3.8) is 0 Å². The normalized spacial score (nSPS) is 11.2. The van der Waals surface area contributed by atoms with Crippen LogP contribution in [0, 0.1) is 0 Å². The van der Waals surface area contributed by atoms with Crippen LogP contribution in [0.15, 0.2) is 59.4 Å². The summed E-state index contributed by atoms with van der Waals surface area (Å²) in [5, 5.41) is 1.81. The van der Waals surface area contributed by atoms with Gasteiger partial charge in [-0.2, -0.15) is 0 Å². The van der Waals surface area contributed by atoms with E-state index in [0.717, 1.165) is 27.5 Å². The molecule has 26 heavy (non-hydrogen) atoms. The van der Waals surface area contributed by atoms with E-state index < -0.39 is 0 Å². The van der Waals surface area contributed by atoms with E-state index in [4.69, 9.17) is 5.84 Å². The first-order chi connectivity index (χ1) is 12.5. The number of rotatable bonds is 2. The highest BCUT2D eigenvalue weighted by Crippen LogP contribution is 2.30. The van der Waals surface area contributed by atoms with E-state index in [1.807, 2.05) is 54.1 Å². The summed E-state index contributed by atoms with van der Waals surface area (Å²) < 4.78 is 3.62. The second kappa shape index (κ2) is 5.86. The zero-order valence-electron chi connectivity index (χ0n) is 14.5. The van der Waals surface area contributed by atoms with E-state index in [1.165, 1.54) is 0 Å². The molecule has 0 radical (unpaired) electrons. The number of hydrazine groups is 1. The number of carbonyl (C=O) groups excluding carboxylic acids is 1. The summed E-state index contributed by atoms with van der Waals surface area (Å²) in [6, 6.07) is 16.9. The predicted molar refractivity (Wildman–Crippen MR) is 103 cm³/mol.